The molecule has 0 aromatic heterocycles. The SMILES string of the molecule is C=C1CC[C@H]2[C@@H](C1)c1c(Oc3cccc(-c4ccc(C)cc4)c3)cc(CCCCC)cc1OC2(C)C. The van der Waals surface area contributed by atoms with Crippen LogP contribution in [0.1, 0.15) is 81.9 Å². The van der Waals surface area contributed by atoms with E-state index >= 15 is 0 Å². The van der Waals surface area contributed by atoms with Crippen LogP contribution < -0.4 is 9.47 Å². The predicted octanol–water partition coefficient (Wildman–Crippen LogP) is 9.80. The van der Waals surface area contributed by atoms with Gasteiger partial charge in [0.15, 0.2) is 0 Å². The quantitative estimate of drug-likeness (QED) is 0.247. The summed E-state index contributed by atoms with van der Waals surface area (Å²) in [5.74, 6) is 3.68. The minimum absolute atomic E-state index is 0.191. The maximum atomic E-state index is 6.75. The predicted molar refractivity (Wildman–Crippen MR) is 150 cm³/mol. The van der Waals surface area contributed by atoms with E-state index in [-0.39, 0.29) is 5.60 Å². The third kappa shape index (κ3) is 5.09. The molecular formula is C34H40O2. The van der Waals surface area contributed by atoms with Gasteiger partial charge < -0.3 is 9.47 Å². The van der Waals surface area contributed by atoms with E-state index in [0.29, 0.717) is 11.8 Å². The highest BCUT2D eigenvalue weighted by molar-refractivity contribution is 5.66. The van der Waals surface area contributed by atoms with Crippen LogP contribution in [0, 0.1) is 12.8 Å². The van der Waals surface area contributed by atoms with E-state index in [1.54, 1.807) is 0 Å². The molecule has 188 valence electrons. The number of allylic oxidation sites excluding steroid dienone is 1. The fourth-order valence-electron chi connectivity index (χ4n) is 6.14. The minimum Gasteiger partial charge on any atom is -0.487 e. The van der Waals surface area contributed by atoms with Gasteiger partial charge in [0, 0.05) is 17.4 Å². The molecule has 2 nitrogen and oxygen atoms in total. The second-order valence-electron chi connectivity index (χ2n) is 11.4. The zero-order chi connectivity index (χ0) is 25.3. The number of rotatable bonds is 7. The number of fused-ring (bicyclic) bond motifs is 3. The summed E-state index contributed by atoms with van der Waals surface area (Å²) in [6.45, 7) is 13.3. The van der Waals surface area contributed by atoms with Crippen molar-refractivity contribution in [3.05, 3.63) is 89.5 Å². The molecule has 0 unspecified atom stereocenters. The van der Waals surface area contributed by atoms with Crippen LogP contribution in [0.25, 0.3) is 11.1 Å². The van der Waals surface area contributed by atoms with E-state index in [4.69, 9.17) is 9.47 Å². The first-order valence-electron chi connectivity index (χ1n) is 13.7. The highest BCUT2D eigenvalue weighted by Gasteiger charge is 2.46. The van der Waals surface area contributed by atoms with Crippen molar-refractivity contribution in [1.29, 1.82) is 0 Å². The van der Waals surface area contributed by atoms with Crippen molar-refractivity contribution < 1.29 is 9.47 Å². The van der Waals surface area contributed by atoms with Gasteiger partial charge in [-0.05, 0) is 93.8 Å². The van der Waals surface area contributed by atoms with Gasteiger partial charge in [-0.1, -0.05) is 73.9 Å². The molecule has 1 fully saturated rings. The van der Waals surface area contributed by atoms with E-state index < -0.39 is 0 Å². The number of hydrogen-bond acceptors (Lipinski definition) is 2. The zero-order valence-electron chi connectivity index (χ0n) is 22.4. The first kappa shape index (κ1) is 24.7. The number of unbranched alkanes of at least 4 members (excludes halogenated alkanes) is 2. The van der Waals surface area contributed by atoms with Crippen LogP contribution in [0.15, 0.2) is 72.8 Å². The third-order valence-electron chi connectivity index (χ3n) is 8.12. The summed E-state index contributed by atoms with van der Waals surface area (Å²) in [6, 6.07) is 21.7. The summed E-state index contributed by atoms with van der Waals surface area (Å²) in [7, 11) is 0. The maximum absolute atomic E-state index is 6.75. The first-order chi connectivity index (χ1) is 17.3. The number of benzene rings is 3. The Balaban J connectivity index is 1.55. The Labute approximate surface area is 217 Å². The molecule has 0 N–H and O–H groups in total. The van der Waals surface area contributed by atoms with Gasteiger partial charge in [0.05, 0.1) is 0 Å². The largest absolute Gasteiger partial charge is 0.487 e. The first-order valence-corrected chi connectivity index (χ1v) is 13.7. The molecule has 0 spiro atoms. The molecule has 5 rings (SSSR count). The van der Waals surface area contributed by atoms with Crippen LogP contribution in [0.4, 0.5) is 0 Å². The minimum atomic E-state index is -0.191. The normalized spacial score (nSPS) is 20.3. The van der Waals surface area contributed by atoms with Crippen LogP contribution in [0.5, 0.6) is 17.2 Å². The molecule has 1 aliphatic heterocycles. The molecular weight excluding hydrogens is 440 g/mol. The average molecular weight is 481 g/mol. The summed E-state index contributed by atoms with van der Waals surface area (Å²) < 4.78 is 13.5. The van der Waals surface area contributed by atoms with Gasteiger partial charge in [-0.15, -0.1) is 0 Å². The number of ether oxygens (including phenoxy) is 2. The summed E-state index contributed by atoms with van der Waals surface area (Å²) in [4.78, 5) is 0. The van der Waals surface area contributed by atoms with E-state index in [0.717, 1.165) is 42.9 Å². The highest BCUT2D eigenvalue weighted by atomic mass is 16.5. The van der Waals surface area contributed by atoms with Crippen molar-refractivity contribution in [3.8, 4) is 28.4 Å². The second kappa shape index (κ2) is 10.2. The molecule has 0 bridgehead atoms. The molecule has 1 aliphatic carbocycles. The summed E-state index contributed by atoms with van der Waals surface area (Å²) in [5.41, 5.74) is 7.33. The van der Waals surface area contributed by atoms with E-state index in [1.165, 1.54) is 52.7 Å². The molecule has 2 atom stereocenters. The van der Waals surface area contributed by atoms with Crippen LogP contribution >= 0.6 is 0 Å². The molecule has 2 aliphatic rings. The van der Waals surface area contributed by atoms with Gasteiger partial charge in [0.25, 0.3) is 0 Å². The van der Waals surface area contributed by atoms with Crippen LogP contribution in [0.3, 0.4) is 0 Å². The van der Waals surface area contributed by atoms with Crippen LogP contribution in [0.2, 0.25) is 0 Å². The van der Waals surface area contributed by atoms with Gasteiger partial charge in [-0.2, -0.15) is 0 Å². The van der Waals surface area contributed by atoms with Crippen LogP contribution in [-0.2, 0) is 6.42 Å². The Morgan fingerprint density at radius 1 is 1.00 bits per heavy atom. The van der Waals surface area contributed by atoms with Crippen molar-refractivity contribution in [2.45, 2.75) is 84.2 Å². The zero-order valence-corrected chi connectivity index (χ0v) is 22.4. The lowest BCUT2D eigenvalue weighted by atomic mass is 9.65. The van der Waals surface area contributed by atoms with E-state index in [2.05, 4.69) is 94.9 Å². The molecule has 2 heteroatoms. The number of hydrogen-bond donors (Lipinski definition) is 0. The van der Waals surface area contributed by atoms with Gasteiger partial charge in [-0.25, -0.2) is 0 Å². The topological polar surface area (TPSA) is 18.5 Å². The highest BCUT2D eigenvalue weighted by Crippen LogP contribution is 2.56. The summed E-state index contributed by atoms with van der Waals surface area (Å²) in [5, 5.41) is 0. The molecule has 3 aromatic rings. The maximum Gasteiger partial charge on any atom is 0.134 e. The summed E-state index contributed by atoms with van der Waals surface area (Å²) in [6.07, 6.45) is 7.91. The second-order valence-corrected chi connectivity index (χ2v) is 11.4. The molecule has 36 heavy (non-hydrogen) atoms. The molecule has 0 saturated heterocycles. The van der Waals surface area contributed by atoms with Crippen molar-refractivity contribution in [2.24, 2.45) is 5.92 Å². The van der Waals surface area contributed by atoms with Crippen molar-refractivity contribution in [1.82, 2.24) is 0 Å². The fourth-order valence-corrected chi connectivity index (χ4v) is 6.14. The van der Waals surface area contributed by atoms with Gasteiger partial charge in [-0.3, -0.25) is 0 Å². The Morgan fingerprint density at radius 2 is 1.81 bits per heavy atom. The molecule has 3 aromatic carbocycles. The smallest absolute Gasteiger partial charge is 0.134 e. The lowest BCUT2D eigenvalue weighted by Gasteiger charge is -2.48. The third-order valence-corrected chi connectivity index (χ3v) is 8.12. The van der Waals surface area contributed by atoms with E-state index in [9.17, 15) is 0 Å². The lowest BCUT2D eigenvalue weighted by Crippen LogP contribution is -2.46. The van der Waals surface area contributed by atoms with Crippen molar-refractivity contribution >= 4 is 0 Å². The Hall–Kier alpha value is -3.00. The standard InChI is InChI=1S/C34H40O2/c1-6-7-8-10-25-20-31(35-28-12-9-11-27(22-28)26-16-13-23(2)14-17-26)33-29-19-24(3)15-18-30(29)34(4,5)36-32(33)21-25/h9,11-14,16-17,20-22,29-30H,3,6-8,10,15,18-19H2,1-2,4-5H3/t29-,30+/m1/s1. The lowest BCUT2D eigenvalue weighted by molar-refractivity contribution is -0.000707. The molecule has 1 heterocycles. The number of aryl methyl sites for hydroxylation is 2. The molecule has 1 saturated carbocycles. The van der Waals surface area contributed by atoms with Gasteiger partial charge in [0.2, 0.25) is 0 Å². The Morgan fingerprint density at radius 3 is 2.58 bits per heavy atom. The summed E-state index contributed by atoms with van der Waals surface area (Å²) >= 11 is 0. The van der Waals surface area contributed by atoms with E-state index in [1.807, 2.05) is 0 Å². The molecule has 0 radical (unpaired) electrons. The fraction of sp³-hybridized carbons (Fsp3) is 0.412. The van der Waals surface area contributed by atoms with Crippen molar-refractivity contribution in [3.63, 3.8) is 0 Å². The van der Waals surface area contributed by atoms with Crippen LogP contribution in [-0.4, -0.2) is 5.60 Å². The molecule has 0 amide bonds. The van der Waals surface area contributed by atoms with Gasteiger partial charge in [0.1, 0.15) is 22.8 Å². The average Bonchev–Trinajstić information content (AvgIpc) is 2.84. The monoisotopic (exact) mass is 480 g/mol. The Kier molecular flexibility index (Phi) is 6.97. The van der Waals surface area contributed by atoms with Crippen molar-refractivity contribution in [2.75, 3.05) is 0 Å². The van der Waals surface area contributed by atoms with Gasteiger partial charge >= 0.3 is 0 Å². The Bertz CT molecular complexity index is 1230.